The minimum Gasteiger partial charge on any atom is -0.266 e. The molecule has 5 heteroatoms. The third-order valence-corrected chi connectivity index (χ3v) is 3.67. The quantitative estimate of drug-likeness (QED) is 0.680. The normalized spacial score (nSPS) is 11.2. The molecular formula is C15H14ClN3O. The molecular weight excluding hydrogens is 274 g/mol. The van der Waals surface area contributed by atoms with Gasteiger partial charge < -0.3 is 0 Å². The van der Waals surface area contributed by atoms with Crippen LogP contribution in [-0.4, -0.2) is 14.2 Å². The lowest BCUT2D eigenvalue weighted by atomic mass is 10.2. The highest BCUT2D eigenvalue weighted by Crippen LogP contribution is 2.16. The number of benzene rings is 1. The first-order valence-electron chi connectivity index (χ1n) is 6.35. The van der Waals surface area contributed by atoms with Gasteiger partial charge in [0.15, 0.2) is 5.82 Å². The minimum absolute atomic E-state index is 0.0903. The Morgan fingerprint density at radius 1 is 1.15 bits per heavy atom. The lowest BCUT2D eigenvalue weighted by Gasteiger charge is -2.13. The van der Waals surface area contributed by atoms with Crippen molar-refractivity contribution >= 4 is 17.1 Å². The number of aryl methyl sites for hydroxylation is 2. The molecule has 102 valence electrons. The minimum atomic E-state index is -0.0903. The zero-order valence-electron chi connectivity index (χ0n) is 11.3. The average molecular weight is 288 g/mol. The SMILES string of the molecule is Cc1ccccc1-n1c(CCl)nn2ccc(C)c2c1=O. The van der Waals surface area contributed by atoms with Crippen molar-refractivity contribution in [2.75, 3.05) is 0 Å². The van der Waals surface area contributed by atoms with Gasteiger partial charge in [0.25, 0.3) is 5.56 Å². The second-order valence-corrected chi connectivity index (χ2v) is 5.04. The summed E-state index contributed by atoms with van der Waals surface area (Å²) in [6.45, 7) is 3.87. The molecule has 0 saturated carbocycles. The van der Waals surface area contributed by atoms with Crippen molar-refractivity contribution in [2.45, 2.75) is 19.7 Å². The molecule has 0 spiro atoms. The van der Waals surface area contributed by atoms with E-state index >= 15 is 0 Å². The third kappa shape index (κ3) is 1.84. The van der Waals surface area contributed by atoms with Crippen LogP contribution >= 0.6 is 11.6 Å². The maximum atomic E-state index is 12.8. The maximum absolute atomic E-state index is 12.8. The molecule has 0 unspecified atom stereocenters. The van der Waals surface area contributed by atoms with Gasteiger partial charge in [0, 0.05) is 6.20 Å². The van der Waals surface area contributed by atoms with Crippen LogP contribution in [-0.2, 0) is 5.88 Å². The fraction of sp³-hybridized carbons (Fsp3) is 0.200. The number of aromatic nitrogens is 3. The Hall–Kier alpha value is -2.07. The molecule has 0 bridgehead atoms. The van der Waals surface area contributed by atoms with Crippen LogP contribution in [0.4, 0.5) is 0 Å². The predicted molar refractivity (Wildman–Crippen MR) is 79.8 cm³/mol. The first kappa shape index (κ1) is 12.9. The van der Waals surface area contributed by atoms with Crippen molar-refractivity contribution in [3.8, 4) is 5.69 Å². The Balaban J connectivity index is 2.46. The monoisotopic (exact) mass is 287 g/mol. The van der Waals surface area contributed by atoms with Crippen LogP contribution < -0.4 is 5.56 Å². The van der Waals surface area contributed by atoms with Gasteiger partial charge in [0.1, 0.15) is 5.52 Å². The molecule has 0 atom stereocenters. The Labute approximate surface area is 121 Å². The van der Waals surface area contributed by atoms with Gasteiger partial charge in [-0.25, -0.2) is 4.52 Å². The molecule has 0 amide bonds. The molecule has 0 aliphatic heterocycles. The van der Waals surface area contributed by atoms with Crippen LogP contribution in [0.2, 0.25) is 0 Å². The lowest BCUT2D eigenvalue weighted by Crippen LogP contribution is -2.26. The van der Waals surface area contributed by atoms with E-state index in [-0.39, 0.29) is 11.4 Å². The van der Waals surface area contributed by atoms with Gasteiger partial charge >= 0.3 is 0 Å². The third-order valence-electron chi connectivity index (χ3n) is 3.43. The van der Waals surface area contributed by atoms with E-state index in [1.54, 1.807) is 15.3 Å². The predicted octanol–water partition coefficient (Wildman–Crippen LogP) is 2.84. The summed E-state index contributed by atoms with van der Waals surface area (Å²) in [5, 5.41) is 4.44. The fourth-order valence-corrected chi connectivity index (χ4v) is 2.58. The van der Waals surface area contributed by atoms with Gasteiger partial charge in [-0.1, -0.05) is 18.2 Å². The Morgan fingerprint density at radius 3 is 2.60 bits per heavy atom. The van der Waals surface area contributed by atoms with E-state index in [0.717, 1.165) is 16.8 Å². The maximum Gasteiger partial charge on any atom is 0.282 e. The highest BCUT2D eigenvalue weighted by Gasteiger charge is 2.15. The molecule has 20 heavy (non-hydrogen) atoms. The van der Waals surface area contributed by atoms with Gasteiger partial charge in [-0.15, -0.1) is 11.6 Å². The standard InChI is InChI=1S/C15H14ClN3O/c1-10-5-3-4-6-12(10)19-13(9-16)17-18-8-7-11(2)14(18)15(19)20/h3-8H,9H2,1-2H3. The second-order valence-electron chi connectivity index (χ2n) is 4.77. The van der Waals surface area contributed by atoms with Gasteiger partial charge in [-0.3, -0.25) is 9.36 Å². The summed E-state index contributed by atoms with van der Waals surface area (Å²) in [6, 6.07) is 9.60. The smallest absolute Gasteiger partial charge is 0.266 e. The molecule has 0 fully saturated rings. The number of hydrogen-bond donors (Lipinski definition) is 0. The van der Waals surface area contributed by atoms with Crippen molar-refractivity contribution < 1.29 is 0 Å². The molecule has 2 heterocycles. The summed E-state index contributed by atoms with van der Waals surface area (Å²) in [6.07, 6.45) is 1.78. The van der Waals surface area contributed by atoms with Crippen LogP contribution in [0.3, 0.4) is 0 Å². The number of para-hydroxylation sites is 1. The summed E-state index contributed by atoms with van der Waals surface area (Å²) >= 11 is 5.98. The summed E-state index contributed by atoms with van der Waals surface area (Å²) in [5.41, 5.74) is 3.24. The van der Waals surface area contributed by atoms with Gasteiger partial charge in [0.05, 0.1) is 11.6 Å². The molecule has 4 nitrogen and oxygen atoms in total. The largest absolute Gasteiger partial charge is 0.282 e. The van der Waals surface area contributed by atoms with E-state index in [2.05, 4.69) is 5.10 Å². The molecule has 3 aromatic rings. The zero-order chi connectivity index (χ0) is 14.3. The molecule has 1 aromatic carbocycles. The molecule has 0 N–H and O–H groups in total. The summed E-state index contributed by atoms with van der Waals surface area (Å²) < 4.78 is 3.20. The van der Waals surface area contributed by atoms with Crippen molar-refractivity contribution in [1.82, 2.24) is 14.2 Å². The zero-order valence-corrected chi connectivity index (χ0v) is 12.1. The molecule has 2 aromatic heterocycles. The Morgan fingerprint density at radius 2 is 1.90 bits per heavy atom. The fourth-order valence-electron chi connectivity index (χ4n) is 2.41. The first-order valence-corrected chi connectivity index (χ1v) is 6.89. The summed E-state index contributed by atoms with van der Waals surface area (Å²) in [5.74, 6) is 0.713. The lowest BCUT2D eigenvalue weighted by molar-refractivity contribution is 0.764. The Bertz CT molecular complexity index is 848. The highest BCUT2D eigenvalue weighted by atomic mass is 35.5. The second kappa shape index (κ2) is 4.80. The van der Waals surface area contributed by atoms with Gasteiger partial charge in [-0.2, -0.15) is 5.10 Å². The van der Waals surface area contributed by atoms with E-state index in [0.29, 0.717) is 11.3 Å². The van der Waals surface area contributed by atoms with Crippen LogP contribution in [0.1, 0.15) is 17.0 Å². The van der Waals surface area contributed by atoms with Crippen molar-refractivity contribution in [3.63, 3.8) is 0 Å². The first-order chi connectivity index (χ1) is 9.63. The molecule has 0 radical (unpaired) electrons. The van der Waals surface area contributed by atoms with Crippen LogP contribution in [0, 0.1) is 13.8 Å². The average Bonchev–Trinajstić information content (AvgIpc) is 2.81. The summed E-state index contributed by atoms with van der Waals surface area (Å²) in [4.78, 5) is 12.8. The number of halogens is 1. The van der Waals surface area contributed by atoms with Gasteiger partial charge in [-0.05, 0) is 37.1 Å². The highest BCUT2D eigenvalue weighted by molar-refractivity contribution is 6.16. The number of alkyl halides is 1. The number of fused-ring (bicyclic) bond motifs is 1. The van der Waals surface area contributed by atoms with E-state index < -0.39 is 0 Å². The van der Waals surface area contributed by atoms with Crippen LogP contribution in [0.5, 0.6) is 0 Å². The van der Waals surface area contributed by atoms with E-state index in [9.17, 15) is 4.79 Å². The van der Waals surface area contributed by atoms with Crippen LogP contribution in [0.25, 0.3) is 11.2 Å². The van der Waals surface area contributed by atoms with E-state index in [1.165, 1.54) is 0 Å². The molecule has 3 rings (SSSR count). The molecule has 0 saturated heterocycles. The number of nitrogens with zero attached hydrogens (tertiary/aromatic N) is 3. The number of rotatable bonds is 2. The van der Waals surface area contributed by atoms with Crippen LogP contribution in [0.15, 0.2) is 41.3 Å². The van der Waals surface area contributed by atoms with Crippen molar-refractivity contribution in [2.24, 2.45) is 0 Å². The van der Waals surface area contributed by atoms with Gasteiger partial charge in [0.2, 0.25) is 0 Å². The topological polar surface area (TPSA) is 39.3 Å². The molecule has 0 aliphatic rings. The Kier molecular flexibility index (Phi) is 3.10. The van der Waals surface area contributed by atoms with Crippen molar-refractivity contribution in [3.05, 3.63) is 63.8 Å². The van der Waals surface area contributed by atoms with Crippen molar-refractivity contribution in [1.29, 1.82) is 0 Å². The molecule has 0 aliphatic carbocycles. The van der Waals surface area contributed by atoms with E-state index in [4.69, 9.17) is 11.6 Å². The number of hydrogen-bond acceptors (Lipinski definition) is 2. The summed E-state index contributed by atoms with van der Waals surface area (Å²) in [7, 11) is 0. The van der Waals surface area contributed by atoms with E-state index in [1.807, 2.05) is 44.2 Å².